The third kappa shape index (κ3) is 4.49. The van der Waals surface area contributed by atoms with Gasteiger partial charge in [-0.15, -0.1) is 0 Å². The van der Waals surface area contributed by atoms with Crippen molar-refractivity contribution in [2.45, 2.75) is 12.8 Å². The zero-order valence-corrected chi connectivity index (χ0v) is 13.1. The molecule has 1 rings (SSSR count). The highest BCUT2D eigenvalue weighted by atomic mass is 127. The lowest BCUT2D eigenvalue weighted by Crippen LogP contribution is -2.36. The lowest BCUT2D eigenvalue weighted by Gasteiger charge is -2.14. The molecule has 0 aliphatic carbocycles. The zero-order chi connectivity index (χ0) is 16.2. The number of hydrogen-bond donors (Lipinski definition) is 1. The number of hydrogen-bond acceptors (Lipinski definition) is 6. The Balaban J connectivity index is 2.81. The molecule has 0 saturated heterocycles. The van der Waals surface area contributed by atoms with Crippen LogP contribution in [0.15, 0.2) is 12.1 Å². The Kier molecular flexibility index (Phi) is 5.84. The van der Waals surface area contributed by atoms with E-state index in [1.165, 1.54) is 6.07 Å². The first-order chi connectivity index (χ1) is 9.69. The van der Waals surface area contributed by atoms with Gasteiger partial charge in [0, 0.05) is 0 Å². The van der Waals surface area contributed by atoms with Crippen molar-refractivity contribution in [2.75, 3.05) is 13.7 Å². The molecule has 1 N–H and O–H groups in total. The van der Waals surface area contributed by atoms with Gasteiger partial charge in [0.25, 0.3) is 0 Å². The van der Waals surface area contributed by atoms with Gasteiger partial charge in [-0.25, -0.2) is 9.59 Å². The van der Waals surface area contributed by atoms with Crippen molar-refractivity contribution in [1.82, 2.24) is 0 Å². The number of aryl methyl sites for hydroxylation is 1. The fraction of sp³-hybridized carbons (Fsp3) is 0.333. The van der Waals surface area contributed by atoms with Crippen molar-refractivity contribution in [3.05, 3.63) is 26.8 Å². The van der Waals surface area contributed by atoms with Gasteiger partial charge in [-0.3, -0.25) is 4.89 Å². The van der Waals surface area contributed by atoms with E-state index in [9.17, 15) is 23.5 Å². The van der Waals surface area contributed by atoms with Crippen LogP contribution in [0.4, 0.5) is 8.78 Å². The van der Waals surface area contributed by atoms with Gasteiger partial charge in [0.1, 0.15) is 11.3 Å². The second-order valence-corrected chi connectivity index (χ2v) is 5.12. The number of esters is 1. The number of aromatic hydroxyl groups is 1. The highest BCUT2D eigenvalue weighted by Crippen LogP contribution is 2.27. The van der Waals surface area contributed by atoms with Crippen LogP contribution >= 0.6 is 22.6 Å². The van der Waals surface area contributed by atoms with Crippen molar-refractivity contribution < 1.29 is 38.0 Å². The summed E-state index contributed by atoms with van der Waals surface area (Å²) < 4.78 is 31.2. The SMILES string of the molecule is COOC(=O)C(F)(F)COC(=O)c1cc(C)cc(I)c1O. The highest BCUT2D eigenvalue weighted by Gasteiger charge is 2.43. The summed E-state index contributed by atoms with van der Waals surface area (Å²) in [5.74, 6) is -7.60. The Morgan fingerprint density at radius 2 is 2.00 bits per heavy atom. The maximum Gasteiger partial charge on any atom is 0.414 e. The summed E-state index contributed by atoms with van der Waals surface area (Å²) in [6.45, 7) is 0.126. The molecule has 0 aliphatic rings. The number of carbonyl (C=O) groups excluding carboxylic acids is 2. The van der Waals surface area contributed by atoms with Gasteiger partial charge in [-0.1, -0.05) is 0 Å². The molecule has 0 atom stereocenters. The maximum atomic E-state index is 13.2. The van der Waals surface area contributed by atoms with Gasteiger partial charge in [-0.2, -0.15) is 13.7 Å². The van der Waals surface area contributed by atoms with E-state index >= 15 is 0 Å². The molecule has 0 amide bonds. The molecule has 0 unspecified atom stereocenters. The van der Waals surface area contributed by atoms with Crippen LogP contribution in [0.3, 0.4) is 0 Å². The molecular formula is C12H11F2IO6. The van der Waals surface area contributed by atoms with Crippen LogP contribution in [0.1, 0.15) is 15.9 Å². The molecule has 1 aromatic carbocycles. The Morgan fingerprint density at radius 3 is 2.57 bits per heavy atom. The molecule has 0 spiro atoms. The van der Waals surface area contributed by atoms with Crippen LogP contribution in [0, 0.1) is 10.5 Å². The fourth-order valence-corrected chi connectivity index (χ4v) is 2.10. The molecule has 0 saturated carbocycles. The van der Waals surface area contributed by atoms with Gasteiger partial charge in [0.2, 0.25) is 0 Å². The summed E-state index contributed by atoms with van der Waals surface area (Å²) in [5, 5.41) is 9.71. The lowest BCUT2D eigenvalue weighted by atomic mass is 10.1. The highest BCUT2D eigenvalue weighted by molar-refractivity contribution is 14.1. The third-order valence-electron chi connectivity index (χ3n) is 2.27. The normalized spacial score (nSPS) is 11.1. The summed E-state index contributed by atoms with van der Waals surface area (Å²) in [4.78, 5) is 30.0. The van der Waals surface area contributed by atoms with E-state index in [1.54, 1.807) is 35.6 Å². The lowest BCUT2D eigenvalue weighted by molar-refractivity contribution is -0.276. The van der Waals surface area contributed by atoms with E-state index in [1.807, 2.05) is 0 Å². The van der Waals surface area contributed by atoms with Gasteiger partial charge >= 0.3 is 17.9 Å². The van der Waals surface area contributed by atoms with E-state index in [0.717, 1.165) is 7.11 Å². The minimum Gasteiger partial charge on any atom is -0.506 e. The molecule has 0 aromatic heterocycles. The van der Waals surface area contributed by atoms with Gasteiger partial charge in [0.05, 0.1) is 10.7 Å². The first-order valence-corrected chi connectivity index (χ1v) is 6.56. The standard InChI is InChI=1S/C12H11F2IO6/c1-6-3-7(9(16)8(15)4-6)10(17)20-5-12(13,14)11(18)21-19-2/h3-4,16H,5H2,1-2H3. The summed E-state index contributed by atoms with van der Waals surface area (Å²) in [6, 6.07) is 2.88. The molecule has 0 heterocycles. The van der Waals surface area contributed by atoms with E-state index in [4.69, 9.17) is 0 Å². The Morgan fingerprint density at radius 1 is 1.38 bits per heavy atom. The van der Waals surface area contributed by atoms with Crippen LogP contribution in [0.5, 0.6) is 5.75 Å². The number of ether oxygens (including phenoxy) is 1. The molecule has 9 heteroatoms. The molecule has 116 valence electrons. The number of alkyl halides is 2. The smallest absolute Gasteiger partial charge is 0.414 e. The number of phenols is 1. The fourth-order valence-electron chi connectivity index (χ4n) is 1.32. The maximum absolute atomic E-state index is 13.2. The molecule has 0 radical (unpaired) electrons. The average Bonchev–Trinajstić information content (AvgIpc) is 2.40. The third-order valence-corrected chi connectivity index (χ3v) is 3.09. The van der Waals surface area contributed by atoms with E-state index in [-0.39, 0.29) is 11.3 Å². The molecule has 0 fully saturated rings. The topological polar surface area (TPSA) is 82.1 Å². The molecule has 0 aliphatic heterocycles. The molecule has 21 heavy (non-hydrogen) atoms. The van der Waals surface area contributed by atoms with Crippen LogP contribution < -0.4 is 0 Å². The van der Waals surface area contributed by atoms with Gasteiger partial charge < -0.3 is 9.84 Å². The summed E-state index contributed by atoms with van der Waals surface area (Å²) in [6.07, 6.45) is 0. The van der Waals surface area contributed by atoms with Crippen LogP contribution in [0.2, 0.25) is 0 Å². The van der Waals surface area contributed by atoms with E-state index in [2.05, 4.69) is 14.5 Å². The second kappa shape index (κ2) is 6.98. The van der Waals surface area contributed by atoms with Crippen LogP contribution in [0.25, 0.3) is 0 Å². The van der Waals surface area contributed by atoms with Crippen LogP contribution in [-0.2, 0) is 19.3 Å². The largest absolute Gasteiger partial charge is 0.506 e. The summed E-state index contributed by atoms with van der Waals surface area (Å²) >= 11 is 1.78. The first kappa shape index (κ1) is 17.6. The second-order valence-electron chi connectivity index (χ2n) is 3.96. The van der Waals surface area contributed by atoms with Crippen LogP contribution in [-0.4, -0.2) is 36.7 Å². The Hall–Kier alpha value is -1.49. The number of benzene rings is 1. The summed E-state index contributed by atoms with van der Waals surface area (Å²) in [5.41, 5.74) is 0.366. The minimum atomic E-state index is -4.06. The van der Waals surface area contributed by atoms with Gasteiger partial charge in [0.15, 0.2) is 6.61 Å². The van der Waals surface area contributed by atoms with Crippen molar-refractivity contribution >= 4 is 34.5 Å². The first-order valence-electron chi connectivity index (χ1n) is 5.48. The predicted molar refractivity (Wildman–Crippen MR) is 73.9 cm³/mol. The molecule has 6 nitrogen and oxygen atoms in total. The van der Waals surface area contributed by atoms with E-state index < -0.39 is 24.5 Å². The monoisotopic (exact) mass is 416 g/mol. The Bertz CT molecular complexity index is 561. The number of rotatable bonds is 5. The van der Waals surface area contributed by atoms with Gasteiger partial charge in [-0.05, 0) is 47.2 Å². The van der Waals surface area contributed by atoms with Crippen molar-refractivity contribution in [2.24, 2.45) is 0 Å². The number of halogens is 3. The Labute approximate surface area is 132 Å². The van der Waals surface area contributed by atoms with Crippen molar-refractivity contribution in [3.63, 3.8) is 0 Å². The van der Waals surface area contributed by atoms with E-state index in [0.29, 0.717) is 9.13 Å². The predicted octanol–water partition coefficient (Wildman–Crippen LogP) is 2.20. The molecule has 1 aromatic rings. The quantitative estimate of drug-likeness (QED) is 0.343. The number of carbonyl (C=O) groups is 2. The number of phenolic OH excluding ortho intramolecular Hbond substituents is 1. The molecule has 0 bridgehead atoms. The van der Waals surface area contributed by atoms with Crippen molar-refractivity contribution in [3.8, 4) is 5.75 Å². The van der Waals surface area contributed by atoms with Crippen molar-refractivity contribution in [1.29, 1.82) is 0 Å². The zero-order valence-electron chi connectivity index (χ0n) is 11.0. The summed E-state index contributed by atoms with van der Waals surface area (Å²) in [7, 11) is 0.882. The molecular weight excluding hydrogens is 405 g/mol. The minimum absolute atomic E-state index is 0.268. The average molecular weight is 416 g/mol.